The lowest BCUT2D eigenvalue weighted by molar-refractivity contribution is 1.08. The van der Waals surface area contributed by atoms with Crippen molar-refractivity contribution >= 4 is 28.2 Å². The van der Waals surface area contributed by atoms with Crippen LogP contribution in [-0.4, -0.2) is 9.38 Å². The lowest BCUT2D eigenvalue weighted by atomic mass is 9.97. The zero-order chi connectivity index (χ0) is 22.9. The Balaban J connectivity index is 1.85. The van der Waals surface area contributed by atoms with Gasteiger partial charge in [0.25, 0.3) is 0 Å². The predicted molar refractivity (Wildman–Crippen MR) is 131 cm³/mol. The Hall–Kier alpha value is -4.61. The van der Waals surface area contributed by atoms with Gasteiger partial charge in [0.1, 0.15) is 18.0 Å². The summed E-state index contributed by atoms with van der Waals surface area (Å²) in [7, 11) is 0. The fourth-order valence-electron chi connectivity index (χ4n) is 4.26. The van der Waals surface area contributed by atoms with Gasteiger partial charge in [-0.3, -0.25) is 4.40 Å². The zero-order valence-electron chi connectivity index (χ0n) is 18.4. The highest BCUT2D eigenvalue weighted by Crippen LogP contribution is 2.34. The van der Waals surface area contributed by atoms with E-state index in [1.807, 2.05) is 53.8 Å². The van der Waals surface area contributed by atoms with Gasteiger partial charge in [-0.25, -0.2) is 4.98 Å². The molecule has 0 aliphatic heterocycles. The number of aromatic nitrogens is 2. The number of nitrogens with one attached hydrogen (secondary N) is 1. The van der Waals surface area contributed by atoms with Crippen molar-refractivity contribution in [2.75, 3.05) is 5.32 Å². The molecule has 5 aromatic rings. The first-order chi connectivity index (χ1) is 16.1. The van der Waals surface area contributed by atoms with Crippen molar-refractivity contribution in [1.29, 1.82) is 10.5 Å². The second-order valence-corrected chi connectivity index (χ2v) is 8.14. The van der Waals surface area contributed by atoms with Crippen molar-refractivity contribution in [1.82, 2.24) is 9.38 Å². The van der Waals surface area contributed by atoms with Crippen LogP contribution in [0.2, 0.25) is 0 Å². The summed E-state index contributed by atoms with van der Waals surface area (Å²) in [6, 6.07) is 28.4. The van der Waals surface area contributed by atoms with Crippen LogP contribution in [0.1, 0.15) is 33.4 Å². The number of hydrogen-bond donors (Lipinski definition) is 1. The molecular formula is C28H21N5. The van der Waals surface area contributed by atoms with Gasteiger partial charge in [-0.15, -0.1) is 0 Å². The summed E-state index contributed by atoms with van der Waals surface area (Å²) in [5, 5.41) is 23.2. The first-order valence-electron chi connectivity index (χ1n) is 10.7. The molecule has 0 radical (unpaired) electrons. The first kappa shape index (κ1) is 20.3. The number of pyridine rings is 1. The smallest absolute Gasteiger partial charge is 0.157 e. The fraction of sp³-hybridized carbons (Fsp3) is 0.107. The van der Waals surface area contributed by atoms with Crippen LogP contribution in [0.5, 0.6) is 0 Å². The minimum Gasteiger partial charge on any atom is -0.340 e. The van der Waals surface area contributed by atoms with E-state index < -0.39 is 0 Å². The third-order valence-electron chi connectivity index (χ3n) is 6.04. The van der Waals surface area contributed by atoms with Crippen molar-refractivity contribution in [2.24, 2.45) is 0 Å². The van der Waals surface area contributed by atoms with Crippen LogP contribution in [0.25, 0.3) is 16.7 Å². The fourth-order valence-corrected chi connectivity index (χ4v) is 4.26. The van der Waals surface area contributed by atoms with Crippen LogP contribution in [0, 0.1) is 36.5 Å². The monoisotopic (exact) mass is 427 g/mol. The van der Waals surface area contributed by atoms with Gasteiger partial charge in [-0.05, 0) is 49.2 Å². The number of imidazole rings is 1. The van der Waals surface area contributed by atoms with Gasteiger partial charge in [-0.2, -0.15) is 10.5 Å². The molecule has 0 aliphatic rings. The molecule has 158 valence electrons. The number of hydrogen-bond acceptors (Lipinski definition) is 4. The maximum Gasteiger partial charge on any atom is 0.157 e. The quantitative estimate of drug-likeness (QED) is 0.371. The highest BCUT2D eigenvalue weighted by atomic mass is 15.1. The van der Waals surface area contributed by atoms with Crippen molar-refractivity contribution in [3.63, 3.8) is 0 Å². The molecule has 5 heteroatoms. The number of benzene rings is 3. The molecule has 0 unspecified atom stereocenters. The second kappa shape index (κ2) is 8.15. The van der Waals surface area contributed by atoms with Gasteiger partial charge in [0.05, 0.1) is 27.8 Å². The van der Waals surface area contributed by atoms with Crippen LogP contribution in [0.4, 0.5) is 11.5 Å². The van der Waals surface area contributed by atoms with Gasteiger partial charge in [0, 0.05) is 12.0 Å². The van der Waals surface area contributed by atoms with Crippen molar-refractivity contribution in [2.45, 2.75) is 20.3 Å². The number of aryl methyl sites for hydroxylation is 1. The topological polar surface area (TPSA) is 76.9 Å². The minimum absolute atomic E-state index is 0.554. The van der Waals surface area contributed by atoms with E-state index in [0.717, 1.165) is 33.5 Å². The highest BCUT2D eigenvalue weighted by Gasteiger charge is 2.21. The third-order valence-corrected chi connectivity index (χ3v) is 6.04. The average Bonchev–Trinajstić information content (AvgIpc) is 3.22. The minimum atomic E-state index is 0.554. The van der Waals surface area contributed by atoms with E-state index in [0.29, 0.717) is 28.9 Å². The molecule has 2 aromatic heterocycles. The predicted octanol–water partition coefficient (Wildman–Crippen LogP) is 6.18. The number of rotatable bonds is 4. The molecular weight excluding hydrogens is 406 g/mol. The standard InChI is InChI=1S/C28H21N5/c1-18-11-13-20(14-12-18)15-22-19(2)23(17-30)28-32-25-9-5-6-10-26(25)33(28)27(22)31-24-8-4-3-7-21(24)16-29/h3-14,31H,15H2,1-2H3. The van der Waals surface area contributed by atoms with Gasteiger partial charge < -0.3 is 5.32 Å². The number of fused-ring (bicyclic) bond motifs is 3. The Labute approximate surface area is 192 Å². The molecule has 0 spiro atoms. The zero-order valence-corrected chi connectivity index (χ0v) is 18.4. The van der Waals surface area contributed by atoms with Crippen molar-refractivity contribution < 1.29 is 0 Å². The molecule has 0 fully saturated rings. The SMILES string of the molecule is Cc1ccc(Cc2c(C)c(C#N)c3nc4ccccc4n3c2Nc2ccccc2C#N)cc1. The van der Waals surface area contributed by atoms with Crippen LogP contribution >= 0.6 is 0 Å². The van der Waals surface area contributed by atoms with Crippen LogP contribution in [-0.2, 0) is 6.42 Å². The van der Waals surface area contributed by atoms with E-state index in [2.05, 4.69) is 48.6 Å². The molecule has 5 rings (SSSR count). The molecule has 0 atom stereocenters. The maximum atomic E-state index is 10.1. The van der Waals surface area contributed by atoms with E-state index in [1.54, 1.807) is 6.07 Å². The molecule has 0 bridgehead atoms. The number of nitriles is 2. The Morgan fingerprint density at radius 3 is 2.36 bits per heavy atom. The molecule has 0 aliphatic carbocycles. The number of nitrogens with zero attached hydrogens (tertiary/aromatic N) is 4. The van der Waals surface area contributed by atoms with E-state index in [4.69, 9.17) is 4.98 Å². The molecule has 0 amide bonds. The maximum absolute atomic E-state index is 10.1. The first-order valence-corrected chi connectivity index (χ1v) is 10.7. The molecule has 0 saturated carbocycles. The largest absolute Gasteiger partial charge is 0.340 e. The summed E-state index contributed by atoms with van der Waals surface area (Å²) in [5.74, 6) is 0.818. The van der Waals surface area contributed by atoms with Crippen LogP contribution in [0.3, 0.4) is 0 Å². The van der Waals surface area contributed by atoms with Gasteiger partial charge in [0.2, 0.25) is 0 Å². The van der Waals surface area contributed by atoms with Crippen molar-refractivity contribution in [3.8, 4) is 12.1 Å². The summed E-state index contributed by atoms with van der Waals surface area (Å²) < 4.78 is 2.01. The average molecular weight is 428 g/mol. The lowest BCUT2D eigenvalue weighted by Crippen LogP contribution is -2.09. The molecule has 0 saturated heterocycles. The van der Waals surface area contributed by atoms with Gasteiger partial charge in [0.15, 0.2) is 5.65 Å². The molecule has 3 aromatic carbocycles. The van der Waals surface area contributed by atoms with E-state index in [1.165, 1.54) is 5.56 Å². The van der Waals surface area contributed by atoms with E-state index >= 15 is 0 Å². The van der Waals surface area contributed by atoms with Gasteiger partial charge >= 0.3 is 0 Å². The van der Waals surface area contributed by atoms with E-state index in [-0.39, 0.29) is 0 Å². The molecule has 33 heavy (non-hydrogen) atoms. The highest BCUT2D eigenvalue weighted by molar-refractivity contribution is 5.87. The second-order valence-electron chi connectivity index (χ2n) is 8.14. The number of para-hydroxylation sites is 3. The summed E-state index contributed by atoms with van der Waals surface area (Å²) in [6.07, 6.45) is 0.639. The third kappa shape index (κ3) is 3.46. The van der Waals surface area contributed by atoms with E-state index in [9.17, 15) is 10.5 Å². The summed E-state index contributed by atoms with van der Waals surface area (Å²) >= 11 is 0. The Morgan fingerprint density at radius 2 is 1.61 bits per heavy atom. The molecule has 5 nitrogen and oxygen atoms in total. The summed E-state index contributed by atoms with van der Waals surface area (Å²) in [4.78, 5) is 4.79. The Kier molecular flexibility index (Phi) is 5.01. The van der Waals surface area contributed by atoms with Crippen LogP contribution < -0.4 is 5.32 Å². The van der Waals surface area contributed by atoms with Crippen molar-refractivity contribution in [3.05, 3.63) is 106 Å². The normalized spacial score (nSPS) is 10.8. The van der Waals surface area contributed by atoms with Gasteiger partial charge in [-0.1, -0.05) is 54.1 Å². The van der Waals surface area contributed by atoms with Crippen LogP contribution in [0.15, 0.2) is 72.8 Å². The summed E-state index contributed by atoms with van der Waals surface area (Å²) in [6.45, 7) is 4.04. The summed E-state index contributed by atoms with van der Waals surface area (Å²) in [5.41, 5.74) is 8.40. The lowest BCUT2D eigenvalue weighted by Gasteiger charge is -2.19. The molecule has 2 heterocycles. The Morgan fingerprint density at radius 1 is 0.879 bits per heavy atom. The number of anilines is 2. The Bertz CT molecular complexity index is 1590. The molecule has 1 N–H and O–H groups in total.